The van der Waals surface area contributed by atoms with Gasteiger partial charge in [-0.1, -0.05) is 0 Å². The zero-order valence-corrected chi connectivity index (χ0v) is 6.10. The fraction of sp³-hybridized carbons (Fsp3) is 0.857. The van der Waals surface area contributed by atoms with Crippen LogP contribution in [0.4, 0.5) is 0 Å². The molecule has 0 radical (unpaired) electrons. The van der Waals surface area contributed by atoms with Crippen LogP contribution in [0, 0.1) is 0 Å². The summed E-state index contributed by atoms with van der Waals surface area (Å²) in [6.45, 7) is 5.68. The van der Waals surface area contributed by atoms with Gasteiger partial charge in [-0.15, -0.1) is 0 Å². The molecule has 1 fully saturated rings. The highest BCUT2D eigenvalue weighted by molar-refractivity contribution is 5.85. The van der Waals surface area contributed by atoms with E-state index in [1.807, 2.05) is 13.8 Å². The third kappa shape index (κ3) is 1.30. The summed E-state index contributed by atoms with van der Waals surface area (Å²) in [4.78, 5) is 10.9. The first-order chi connectivity index (χ1) is 4.01. The van der Waals surface area contributed by atoms with E-state index < -0.39 is 0 Å². The van der Waals surface area contributed by atoms with Crippen molar-refractivity contribution in [3.63, 3.8) is 0 Å². The molecule has 0 amide bonds. The van der Waals surface area contributed by atoms with E-state index in [1.54, 1.807) is 6.92 Å². The second kappa shape index (κ2) is 1.81. The summed E-state index contributed by atoms with van der Waals surface area (Å²) >= 11 is 0. The lowest BCUT2D eigenvalue weighted by Gasteiger charge is -2.15. The first kappa shape index (κ1) is 6.75. The van der Waals surface area contributed by atoms with Gasteiger partial charge in [-0.05, 0) is 20.8 Å². The number of Topliss-reactive ketones (excluding diaryl/α,β-unsaturated/α-hetero) is 1. The average Bonchev–Trinajstić information content (AvgIpc) is 1.79. The molecule has 0 aromatic rings. The standard InChI is InChI=1S/C7H12O2/c1-5-6(8)4-7(2,3)9-5/h5H,4H2,1-3H3. The predicted molar refractivity (Wildman–Crippen MR) is 34.2 cm³/mol. The van der Waals surface area contributed by atoms with Crippen molar-refractivity contribution in [2.75, 3.05) is 0 Å². The number of carbonyl (C=O) groups excluding carboxylic acids is 1. The molecule has 1 unspecified atom stereocenters. The normalized spacial score (nSPS) is 33.2. The van der Waals surface area contributed by atoms with Crippen LogP contribution in [0.2, 0.25) is 0 Å². The Morgan fingerprint density at radius 1 is 1.67 bits per heavy atom. The minimum atomic E-state index is -0.212. The number of ether oxygens (including phenoxy) is 1. The lowest BCUT2D eigenvalue weighted by Crippen LogP contribution is -2.18. The van der Waals surface area contributed by atoms with Gasteiger partial charge in [0, 0.05) is 6.42 Å². The highest BCUT2D eigenvalue weighted by Crippen LogP contribution is 2.25. The van der Waals surface area contributed by atoms with Gasteiger partial charge in [-0.25, -0.2) is 0 Å². The van der Waals surface area contributed by atoms with E-state index in [4.69, 9.17) is 4.74 Å². The van der Waals surface area contributed by atoms with Gasteiger partial charge < -0.3 is 4.74 Å². The van der Waals surface area contributed by atoms with Gasteiger partial charge in [0.25, 0.3) is 0 Å². The highest BCUT2D eigenvalue weighted by Gasteiger charge is 2.35. The molecule has 1 aliphatic rings. The minimum absolute atomic E-state index is 0.181. The Morgan fingerprint density at radius 2 is 2.22 bits per heavy atom. The van der Waals surface area contributed by atoms with Crippen molar-refractivity contribution in [1.82, 2.24) is 0 Å². The molecule has 52 valence electrons. The van der Waals surface area contributed by atoms with Crippen LogP contribution in [0.1, 0.15) is 27.2 Å². The molecule has 2 nitrogen and oxygen atoms in total. The third-order valence-corrected chi connectivity index (χ3v) is 1.55. The van der Waals surface area contributed by atoms with Crippen LogP contribution in [0.15, 0.2) is 0 Å². The van der Waals surface area contributed by atoms with E-state index in [-0.39, 0.29) is 17.5 Å². The number of hydrogen-bond donors (Lipinski definition) is 0. The Labute approximate surface area is 55.2 Å². The van der Waals surface area contributed by atoms with Crippen LogP contribution in [0.5, 0.6) is 0 Å². The van der Waals surface area contributed by atoms with E-state index in [9.17, 15) is 4.79 Å². The second-order valence-electron chi connectivity index (χ2n) is 3.16. The molecule has 1 saturated heterocycles. The maximum absolute atomic E-state index is 10.9. The second-order valence-corrected chi connectivity index (χ2v) is 3.16. The lowest BCUT2D eigenvalue weighted by atomic mass is 10.0. The highest BCUT2D eigenvalue weighted by atomic mass is 16.5. The van der Waals surface area contributed by atoms with Crippen LogP contribution < -0.4 is 0 Å². The van der Waals surface area contributed by atoms with E-state index in [2.05, 4.69) is 0 Å². The van der Waals surface area contributed by atoms with E-state index in [0.29, 0.717) is 6.42 Å². The van der Waals surface area contributed by atoms with Gasteiger partial charge in [0.2, 0.25) is 0 Å². The monoisotopic (exact) mass is 128 g/mol. The Bertz CT molecular complexity index is 138. The lowest BCUT2D eigenvalue weighted by molar-refractivity contribution is -0.122. The topological polar surface area (TPSA) is 26.3 Å². The van der Waals surface area contributed by atoms with Gasteiger partial charge >= 0.3 is 0 Å². The van der Waals surface area contributed by atoms with E-state index >= 15 is 0 Å². The zero-order chi connectivity index (χ0) is 7.07. The number of hydrogen-bond acceptors (Lipinski definition) is 2. The Kier molecular flexibility index (Phi) is 1.35. The molecule has 0 spiro atoms. The molecule has 0 saturated carbocycles. The molecule has 1 heterocycles. The summed E-state index contributed by atoms with van der Waals surface area (Å²) in [7, 11) is 0. The SMILES string of the molecule is CC1OC(C)(C)CC1=O. The molecular formula is C7H12O2. The summed E-state index contributed by atoms with van der Waals surface area (Å²) in [6.07, 6.45) is 0.383. The van der Waals surface area contributed by atoms with Crippen LogP contribution >= 0.6 is 0 Å². The van der Waals surface area contributed by atoms with Crippen molar-refractivity contribution in [3.8, 4) is 0 Å². The molecule has 0 aromatic heterocycles. The first-order valence-corrected chi connectivity index (χ1v) is 3.22. The maximum Gasteiger partial charge on any atom is 0.164 e. The Morgan fingerprint density at radius 3 is 2.33 bits per heavy atom. The first-order valence-electron chi connectivity index (χ1n) is 3.22. The maximum atomic E-state index is 10.9. The Balaban J connectivity index is 2.65. The molecular weight excluding hydrogens is 116 g/mol. The van der Waals surface area contributed by atoms with Gasteiger partial charge in [-0.3, -0.25) is 4.79 Å². The molecule has 1 aliphatic heterocycles. The van der Waals surface area contributed by atoms with Crippen molar-refractivity contribution in [2.45, 2.75) is 38.9 Å². The quantitative estimate of drug-likeness (QED) is 0.489. The summed E-state index contributed by atoms with van der Waals surface area (Å²) in [5, 5.41) is 0. The van der Waals surface area contributed by atoms with Crippen molar-refractivity contribution in [3.05, 3.63) is 0 Å². The van der Waals surface area contributed by atoms with E-state index in [0.717, 1.165) is 0 Å². The van der Waals surface area contributed by atoms with Gasteiger partial charge in [0.1, 0.15) is 6.10 Å². The van der Waals surface area contributed by atoms with E-state index in [1.165, 1.54) is 0 Å². The smallest absolute Gasteiger partial charge is 0.164 e. The molecule has 1 atom stereocenters. The fourth-order valence-electron chi connectivity index (χ4n) is 1.15. The number of rotatable bonds is 0. The molecule has 9 heavy (non-hydrogen) atoms. The summed E-state index contributed by atoms with van der Waals surface area (Å²) < 4.78 is 5.31. The predicted octanol–water partition coefficient (Wildman–Crippen LogP) is 1.14. The molecule has 0 N–H and O–H groups in total. The van der Waals surface area contributed by atoms with Gasteiger partial charge in [0.15, 0.2) is 5.78 Å². The van der Waals surface area contributed by atoms with Crippen molar-refractivity contribution in [2.24, 2.45) is 0 Å². The summed E-state index contributed by atoms with van der Waals surface area (Å²) in [6, 6.07) is 0. The largest absolute Gasteiger partial charge is 0.364 e. The van der Waals surface area contributed by atoms with Crippen LogP contribution in [0.25, 0.3) is 0 Å². The zero-order valence-electron chi connectivity index (χ0n) is 6.10. The third-order valence-electron chi connectivity index (χ3n) is 1.55. The van der Waals surface area contributed by atoms with Gasteiger partial charge in [-0.2, -0.15) is 0 Å². The number of ketones is 1. The molecule has 0 aliphatic carbocycles. The van der Waals surface area contributed by atoms with Crippen molar-refractivity contribution < 1.29 is 9.53 Å². The average molecular weight is 128 g/mol. The van der Waals surface area contributed by atoms with Crippen LogP contribution in [-0.2, 0) is 9.53 Å². The fourth-order valence-corrected chi connectivity index (χ4v) is 1.15. The van der Waals surface area contributed by atoms with Crippen molar-refractivity contribution >= 4 is 5.78 Å². The minimum Gasteiger partial charge on any atom is -0.364 e. The molecule has 1 rings (SSSR count). The summed E-state index contributed by atoms with van der Waals surface area (Å²) in [5.41, 5.74) is -0.212. The molecule has 0 aromatic carbocycles. The summed E-state index contributed by atoms with van der Waals surface area (Å²) in [5.74, 6) is 0.222. The molecule has 0 bridgehead atoms. The van der Waals surface area contributed by atoms with Crippen LogP contribution in [-0.4, -0.2) is 17.5 Å². The van der Waals surface area contributed by atoms with Crippen molar-refractivity contribution in [1.29, 1.82) is 0 Å². The Hall–Kier alpha value is -0.370. The van der Waals surface area contributed by atoms with Crippen LogP contribution in [0.3, 0.4) is 0 Å². The van der Waals surface area contributed by atoms with Gasteiger partial charge in [0.05, 0.1) is 5.60 Å². The molecule has 2 heteroatoms. The number of carbonyl (C=O) groups is 1.